The van der Waals surface area contributed by atoms with Crippen LogP contribution in [0.15, 0.2) is 0 Å². The van der Waals surface area contributed by atoms with Gasteiger partial charge in [-0.2, -0.15) is 0 Å². The molecule has 84 valence electrons. The molecule has 0 aromatic carbocycles. The summed E-state index contributed by atoms with van der Waals surface area (Å²) in [6.07, 6.45) is 0. The van der Waals surface area contributed by atoms with Crippen LogP contribution in [-0.2, 0) is 14.6 Å². The Morgan fingerprint density at radius 3 is 2.21 bits per heavy atom. The molecule has 0 aromatic heterocycles. The number of sulfone groups is 1. The third-order valence-electron chi connectivity index (χ3n) is 2.84. The van der Waals surface area contributed by atoms with Crippen molar-refractivity contribution >= 4 is 32.4 Å². The summed E-state index contributed by atoms with van der Waals surface area (Å²) in [7, 11) is -3.02. The van der Waals surface area contributed by atoms with Crippen LogP contribution in [0.1, 0.15) is 20.8 Å². The highest BCUT2D eigenvalue weighted by Crippen LogP contribution is 2.27. The summed E-state index contributed by atoms with van der Waals surface area (Å²) in [5.74, 6) is 0.171. The third kappa shape index (κ3) is 2.41. The van der Waals surface area contributed by atoms with Crippen molar-refractivity contribution in [3.63, 3.8) is 0 Å². The van der Waals surface area contributed by atoms with Crippen molar-refractivity contribution in [3.8, 4) is 0 Å². The molecule has 1 saturated heterocycles. The fourth-order valence-electron chi connectivity index (χ4n) is 1.46. The van der Waals surface area contributed by atoms with Crippen LogP contribution in [0, 0.1) is 5.92 Å². The summed E-state index contributed by atoms with van der Waals surface area (Å²) in [6, 6.07) is 0. The van der Waals surface area contributed by atoms with E-state index in [2.05, 4.69) is 22.6 Å². The number of alkyl halides is 1. The molecule has 0 saturated carbocycles. The van der Waals surface area contributed by atoms with Crippen LogP contribution in [0.2, 0.25) is 0 Å². The van der Waals surface area contributed by atoms with Gasteiger partial charge in [0.15, 0.2) is 9.84 Å². The van der Waals surface area contributed by atoms with Gasteiger partial charge in [0.1, 0.15) is 0 Å². The molecule has 5 heteroatoms. The molecule has 3 nitrogen and oxygen atoms in total. The van der Waals surface area contributed by atoms with E-state index in [1.54, 1.807) is 6.92 Å². The van der Waals surface area contributed by atoms with E-state index in [0.29, 0.717) is 13.2 Å². The molecule has 0 radical (unpaired) electrons. The van der Waals surface area contributed by atoms with Crippen molar-refractivity contribution in [1.29, 1.82) is 0 Å². The van der Waals surface area contributed by atoms with E-state index in [4.69, 9.17) is 4.74 Å². The van der Waals surface area contributed by atoms with Gasteiger partial charge in [-0.25, -0.2) is 8.42 Å². The van der Waals surface area contributed by atoms with Gasteiger partial charge in [-0.1, -0.05) is 36.4 Å². The highest BCUT2D eigenvalue weighted by atomic mass is 127. The van der Waals surface area contributed by atoms with E-state index in [0.717, 1.165) is 0 Å². The average Bonchev–Trinajstić information content (AvgIpc) is 2.50. The third-order valence-corrected chi connectivity index (χ3v) is 7.45. The Labute approximate surface area is 99.7 Å². The number of ether oxygens (including phenoxy) is 1. The standard InChI is InChI=1S/C9H17IO3S/c1-6(2)7(3)14(11,12)9-5-13-4-8(9)10/h6-9H,4-5H2,1-3H3/t7-,8?,9?/m0/s1. The summed E-state index contributed by atoms with van der Waals surface area (Å²) in [4.78, 5) is 0. The Kier molecular flexibility index (Phi) is 4.22. The van der Waals surface area contributed by atoms with E-state index in [1.807, 2.05) is 13.8 Å². The number of rotatable bonds is 3. The number of halogens is 1. The quantitative estimate of drug-likeness (QED) is 0.583. The lowest BCUT2D eigenvalue weighted by Crippen LogP contribution is -2.38. The molecule has 3 atom stereocenters. The fourth-order valence-corrected chi connectivity index (χ4v) is 5.24. The van der Waals surface area contributed by atoms with Crippen LogP contribution in [0.25, 0.3) is 0 Å². The Morgan fingerprint density at radius 2 is 1.86 bits per heavy atom. The summed E-state index contributed by atoms with van der Waals surface area (Å²) >= 11 is 2.17. The van der Waals surface area contributed by atoms with Crippen molar-refractivity contribution in [2.24, 2.45) is 5.92 Å². The monoisotopic (exact) mass is 332 g/mol. The average molecular weight is 332 g/mol. The summed E-state index contributed by atoms with van der Waals surface area (Å²) < 4.78 is 29.5. The van der Waals surface area contributed by atoms with E-state index >= 15 is 0 Å². The minimum Gasteiger partial charge on any atom is -0.379 e. The van der Waals surface area contributed by atoms with E-state index in [-0.39, 0.29) is 20.3 Å². The predicted octanol–water partition coefficient (Wildman–Crippen LogP) is 1.65. The van der Waals surface area contributed by atoms with Gasteiger partial charge in [0, 0.05) is 0 Å². The predicted molar refractivity (Wildman–Crippen MR) is 65.6 cm³/mol. The molecule has 0 N–H and O–H groups in total. The fraction of sp³-hybridized carbons (Fsp3) is 1.00. The molecular weight excluding hydrogens is 315 g/mol. The van der Waals surface area contributed by atoms with Crippen LogP contribution < -0.4 is 0 Å². The molecule has 1 aliphatic rings. The first-order valence-corrected chi connectivity index (χ1v) is 7.67. The maximum atomic E-state index is 12.1. The Hall–Kier alpha value is 0.640. The first kappa shape index (κ1) is 12.7. The molecule has 2 unspecified atom stereocenters. The molecule has 0 aromatic rings. The Morgan fingerprint density at radius 1 is 1.29 bits per heavy atom. The number of hydrogen-bond donors (Lipinski definition) is 0. The van der Waals surface area contributed by atoms with E-state index < -0.39 is 9.84 Å². The summed E-state index contributed by atoms with van der Waals surface area (Å²) in [6.45, 7) is 6.62. The van der Waals surface area contributed by atoms with Crippen molar-refractivity contribution < 1.29 is 13.2 Å². The first-order chi connectivity index (χ1) is 6.37. The zero-order chi connectivity index (χ0) is 10.9. The van der Waals surface area contributed by atoms with E-state index in [1.165, 1.54) is 0 Å². The van der Waals surface area contributed by atoms with Crippen LogP contribution in [0.3, 0.4) is 0 Å². The molecule has 0 spiro atoms. The van der Waals surface area contributed by atoms with Crippen molar-refractivity contribution in [3.05, 3.63) is 0 Å². The SMILES string of the molecule is CC(C)[C@H](C)S(=O)(=O)C1COCC1I. The summed E-state index contributed by atoms with van der Waals surface area (Å²) in [5, 5.41) is -0.577. The van der Waals surface area contributed by atoms with Gasteiger partial charge in [-0.15, -0.1) is 0 Å². The molecule has 14 heavy (non-hydrogen) atoms. The highest BCUT2D eigenvalue weighted by Gasteiger charge is 2.40. The Balaban J connectivity index is 2.84. The van der Waals surface area contributed by atoms with Crippen LogP contribution in [0.4, 0.5) is 0 Å². The van der Waals surface area contributed by atoms with Crippen LogP contribution in [-0.4, -0.2) is 36.1 Å². The lowest BCUT2D eigenvalue weighted by Gasteiger charge is -2.21. The second-order valence-corrected chi connectivity index (χ2v) is 8.26. The second-order valence-electron chi connectivity index (χ2n) is 4.13. The van der Waals surface area contributed by atoms with Gasteiger partial charge in [0.25, 0.3) is 0 Å². The largest absolute Gasteiger partial charge is 0.379 e. The topological polar surface area (TPSA) is 43.4 Å². The maximum absolute atomic E-state index is 12.1. The number of hydrogen-bond acceptors (Lipinski definition) is 3. The molecule has 1 aliphatic heterocycles. The van der Waals surface area contributed by atoms with E-state index in [9.17, 15) is 8.42 Å². The van der Waals surface area contributed by atoms with Crippen LogP contribution >= 0.6 is 22.6 Å². The zero-order valence-electron chi connectivity index (χ0n) is 8.73. The lowest BCUT2D eigenvalue weighted by molar-refractivity contribution is 0.200. The van der Waals surface area contributed by atoms with Gasteiger partial charge in [-0.3, -0.25) is 0 Å². The second kappa shape index (κ2) is 4.65. The van der Waals surface area contributed by atoms with Crippen LogP contribution in [0.5, 0.6) is 0 Å². The first-order valence-electron chi connectivity index (χ1n) is 4.82. The minimum atomic E-state index is -3.02. The lowest BCUT2D eigenvalue weighted by atomic mass is 10.2. The van der Waals surface area contributed by atoms with Crippen molar-refractivity contribution in [2.45, 2.75) is 35.2 Å². The summed E-state index contributed by atoms with van der Waals surface area (Å²) in [5.41, 5.74) is 0. The smallest absolute Gasteiger partial charge is 0.159 e. The molecule has 0 aliphatic carbocycles. The molecule has 0 bridgehead atoms. The van der Waals surface area contributed by atoms with Gasteiger partial charge in [0.2, 0.25) is 0 Å². The maximum Gasteiger partial charge on any atom is 0.159 e. The van der Waals surface area contributed by atoms with Crippen molar-refractivity contribution in [2.75, 3.05) is 13.2 Å². The van der Waals surface area contributed by atoms with Gasteiger partial charge >= 0.3 is 0 Å². The molecular formula is C9H17IO3S. The molecule has 1 heterocycles. The molecule has 1 rings (SSSR count). The van der Waals surface area contributed by atoms with Gasteiger partial charge in [0.05, 0.1) is 27.6 Å². The van der Waals surface area contributed by atoms with Crippen molar-refractivity contribution in [1.82, 2.24) is 0 Å². The molecule has 1 fully saturated rings. The van der Waals surface area contributed by atoms with Gasteiger partial charge in [-0.05, 0) is 12.8 Å². The normalized spacial score (nSPS) is 30.9. The molecule has 0 amide bonds. The highest BCUT2D eigenvalue weighted by molar-refractivity contribution is 14.1. The van der Waals surface area contributed by atoms with Gasteiger partial charge < -0.3 is 4.74 Å². The minimum absolute atomic E-state index is 0.110. The zero-order valence-corrected chi connectivity index (χ0v) is 11.7. The Bertz CT molecular complexity index is 286.